The molecule has 4 heteroatoms. The second-order valence-corrected chi connectivity index (χ2v) is 4.90. The molecule has 3 rings (SSSR count). The minimum atomic E-state index is 0.681. The number of fused-ring (bicyclic) bond motifs is 1. The SMILES string of the molecule is COc1cc(N)ccc1-c1nc2cccc(C)c2n1C. The van der Waals surface area contributed by atoms with Gasteiger partial charge in [-0.2, -0.15) is 0 Å². The van der Waals surface area contributed by atoms with Crippen molar-refractivity contribution in [1.82, 2.24) is 9.55 Å². The van der Waals surface area contributed by atoms with E-state index in [2.05, 4.69) is 17.6 Å². The van der Waals surface area contributed by atoms with Crippen molar-refractivity contribution in [3.05, 3.63) is 42.0 Å². The standard InChI is InChI=1S/C16H17N3O/c1-10-5-4-6-13-15(10)19(2)16(18-13)12-8-7-11(17)9-14(12)20-3/h4-9H,17H2,1-3H3. The number of aromatic nitrogens is 2. The average Bonchev–Trinajstić information content (AvgIpc) is 2.77. The van der Waals surface area contributed by atoms with E-state index in [0.29, 0.717) is 5.69 Å². The molecule has 2 aromatic carbocycles. The van der Waals surface area contributed by atoms with Gasteiger partial charge in [-0.25, -0.2) is 4.98 Å². The summed E-state index contributed by atoms with van der Waals surface area (Å²) in [4.78, 5) is 4.72. The molecule has 0 atom stereocenters. The molecular weight excluding hydrogens is 250 g/mol. The maximum atomic E-state index is 5.81. The Hall–Kier alpha value is -2.49. The van der Waals surface area contributed by atoms with Crippen molar-refractivity contribution >= 4 is 16.7 Å². The van der Waals surface area contributed by atoms with Crippen LogP contribution in [0.2, 0.25) is 0 Å². The molecule has 0 unspecified atom stereocenters. The first-order chi connectivity index (χ1) is 9.61. The number of benzene rings is 2. The van der Waals surface area contributed by atoms with Gasteiger partial charge in [0, 0.05) is 18.8 Å². The molecular formula is C16H17N3O. The monoisotopic (exact) mass is 267 g/mol. The van der Waals surface area contributed by atoms with E-state index in [1.165, 1.54) is 5.56 Å². The molecule has 3 aromatic rings. The minimum Gasteiger partial charge on any atom is -0.496 e. The summed E-state index contributed by atoms with van der Waals surface area (Å²) in [7, 11) is 3.67. The molecule has 0 aliphatic carbocycles. The van der Waals surface area contributed by atoms with Crippen molar-refractivity contribution in [1.29, 1.82) is 0 Å². The molecule has 1 heterocycles. The quantitative estimate of drug-likeness (QED) is 0.726. The number of rotatable bonds is 2. The highest BCUT2D eigenvalue weighted by Crippen LogP contribution is 2.33. The summed E-state index contributed by atoms with van der Waals surface area (Å²) in [6.07, 6.45) is 0. The minimum absolute atomic E-state index is 0.681. The fourth-order valence-electron chi connectivity index (χ4n) is 2.60. The van der Waals surface area contributed by atoms with Crippen LogP contribution in [0.3, 0.4) is 0 Å². The van der Waals surface area contributed by atoms with Crippen LogP contribution in [0.25, 0.3) is 22.4 Å². The number of hydrogen-bond acceptors (Lipinski definition) is 3. The number of nitrogen functional groups attached to an aromatic ring is 1. The zero-order valence-corrected chi connectivity index (χ0v) is 11.8. The molecule has 0 saturated heterocycles. The first kappa shape index (κ1) is 12.5. The van der Waals surface area contributed by atoms with Gasteiger partial charge in [-0.3, -0.25) is 0 Å². The van der Waals surface area contributed by atoms with Crippen LogP contribution in [-0.4, -0.2) is 16.7 Å². The first-order valence-corrected chi connectivity index (χ1v) is 6.47. The lowest BCUT2D eigenvalue weighted by Gasteiger charge is -2.09. The summed E-state index contributed by atoms with van der Waals surface area (Å²) in [6.45, 7) is 2.09. The van der Waals surface area contributed by atoms with Crippen LogP contribution in [0.4, 0.5) is 5.69 Å². The predicted octanol–water partition coefficient (Wildman–Crippen LogP) is 3.14. The van der Waals surface area contributed by atoms with Gasteiger partial charge in [0.2, 0.25) is 0 Å². The van der Waals surface area contributed by atoms with Gasteiger partial charge in [0.15, 0.2) is 0 Å². The Labute approximate surface area is 117 Å². The smallest absolute Gasteiger partial charge is 0.144 e. The summed E-state index contributed by atoms with van der Waals surface area (Å²) >= 11 is 0. The summed E-state index contributed by atoms with van der Waals surface area (Å²) in [5.74, 6) is 1.62. The van der Waals surface area contributed by atoms with E-state index in [9.17, 15) is 0 Å². The Morgan fingerprint density at radius 3 is 2.70 bits per heavy atom. The number of methoxy groups -OCH3 is 1. The summed E-state index contributed by atoms with van der Waals surface area (Å²) in [6, 6.07) is 11.8. The summed E-state index contributed by atoms with van der Waals surface area (Å²) < 4.78 is 7.52. The van der Waals surface area contributed by atoms with Crippen molar-refractivity contribution in [3.63, 3.8) is 0 Å². The molecule has 0 fully saturated rings. The molecule has 0 aliphatic heterocycles. The first-order valence-electron chi connectivity index (χ1n) is 6.47. The Kier molecular flexibility index (Phi) is 2.86. The van der Waals surface area contributed by atoms with Gasteiger partial charge in [-0.05, 0) is 30.7 Å². The lowest BCUT2D eigenvalue weighted by atomic mass is 10.1. The third-order valence-corrected chi connectivity index (χ3v) is 3.56. The van der Waals surface area contributed by atoms with Crippen LogP contribution in [0.1, 0.15) is 5.56 Å². The molecule has 0 saturated carbocycles. The molecule has 0 spiro atoms. The van der Waals surface area contributed by atoms with E-state index < -0.39 is 0 Å². The molecule has 0 amide bonds. The summed E-state index contributed by atoms with van der Waals surface area (Å²) in [5.41, 5.74) is 10.8. The second kappa shape index (κ2) is 4.56. The van der Waals surface area contributed by atoms with Crippen molar-refractivity contribution in [2.24, 2.45) is 7.05 Å². The maximum Gasteiger partial charge on any atom is 0.144 e. The van der Waals surface area contributed by atoms with Gasteiger partial charge < -0.3 is 15.0 Å². The fourth-order valence-corrected chi connectivity index (χ4v) is 2.60. The normalized spacial score (nSPS) is 10.9. The highest BCUT2D eigenvalue weighted by Gasteiger charge is 2.15. The van der Waals surface area contributed by atoms with Gasteiger partial charge in [0.1, 0.15) is 11.6 Å². The lowest BCUT2D eigenvalue weighted by molar-refractivity contribution is 0.416. The van der Waals surface area contributed by atoms with Crippen LogP contribution in [0.5, 0.6) is 5.75 Å². The van der Waals surface area contributed by atoms with E-state index in [4.69, 9.17) is 15.5 Å². The van der Waals surface area contributed by atoms with Gasteiger partial charge in [0.05, 0.1) is 23.7 Å². The third kappa shape index (κ3) is 1.81. The molecule has 1 aromatic heterocycles. The van der Waals surface area contributed by atoms with E-state index in [1.807, 2.05) is 37.4 Å². The number of para-hydroxylation sites is 1. The van der Waals surface area contributed by atoms with Gasteiger partial charge >= 0.3 is 0 Å². The molecule has 0 aliphatic rings. The van der Waals surface area contributed by atoms with Crippen LogP contribution >= 0.6 is 0 Å². The Bertz CT molecular complexity index is 790. The molecule has 102 valence electrons. The highest BCUT2D eigenvalue weighted by atomic mass is 16.5. The largest absolute Gasteiger partial charge is 0.496 e. The van der Waals surface area contributed by atoms with Gasteiger partial charge in [-0.15, -0.1) is 0 Å². The van der Waals surface area contributed by atoms with Crippen LogP contribution in [-0.2, 0) is 7.05 Å². The van der Waals surface area contributed by atoms with Crippen molar-refractivity contribution in [2.75, 3.05) is 12.8 Å². The number of nitrogens with zero attached hydrogens (tertiary/aromatic N) is 2. The number of nitrogens with two attached hydrogens (primary N) is 1. The van der Waals surface area contributed by atoms with E-state index in [1.54, 1.807) is 7.11 Å². The predicted molar refractivity (Wildman–Crippen MR) is 81.9 cm³/mol. The average molecular weight is 267 g/mol. The van der Waals surface area contributed by atoms with E-state index >= 15 is 0 Å². The fraction of sp³-hybridized carbons (Fsp3) is 0.188. The molecule has 0 radical (unpaired) electrons. The van der Waals surface area contributed by atoms with Gasteiger partial charge in [-0.1, -0.05) is 12.1 Å². The van der Waals surface area contributed by atoms with Crippen LogP contribution in [0, 0.1) is 6.92 Å². The van der Waals surface area contributed by atoms with Crippen molar-refractivity contribution in [3.8, 4) is 17.1 Å². The number of ether oxygens (including phenoxy) is 1. The molecule has 4 nitrogen and oxygen atoms in total. The maximum absolute atomic E-state index is 5.81. The number of aryl methyl sites for hydroxylation is 2. The molecule has 2 N–H and O–H groups in total. The van der Waals surface area contributed by atoms with E-state index in [0.717, 1.165) is 28.2 Å². The Morgan fingerprint density at radius 2 is 2.00 bits per heavy atom. The zero-order chi connectivity index (χ0) is 14.3. The van der Waals surface area contributed by atoms with Crippen molar-refractivity contribution in [2.45, 2.75) is 6.92 Å². The number of hydrogen-bond donors (Lipinski definition) is 1. The Morgan fingerprint density at radius 1 is 1.20 bits per heavy atom. The Balaban J connectivity index is 2.30. The lowest BCUT2D eigenvalue weighted by Crippen LogP contribution is -1.97. The molecule has 0 bridgehead atoms. The van der Waals surface area contributed by atoms with Crippen molar-refractivity contribution < 1.29 is 4.74 Å². The highest BCUT2D eigenvalue weighted by molar-refractivity contribution is 5.84. The molecule has 20 heavy (non-hydrogen) atoms. The van der Waals surface area contributed by atoms with E-state index in [-0.39, 0.29) is 0 Å². The number of anilines is 1. The zero-order valence-electron chi connectivity index (χ0n) is 11.8. The van der Waals surface area contributed by atoms with Gasteiger partial charge in [0.25, 0.3) is 0 Å². The van der Waals surface area contributed by atoms with Crippen LogP contribution in [0.15, 0.2) is 36.4 Å². The summed E-state index contributed by atoms with van der Waals surface area (Å²) in [5, 5.41) is 0. The van der Waals surface area contributed by atoms with Crippen LogP contribution < -0.4 is 10.5 Å². The third-order valence-electron chi connectivity index (χ3n) is 3.56. The number of imidazole rings is 1. The topological polar surface area (TPSA) is 53.1 Å². The second-order valence-electron chi connectivity index (χ2n) is 4.90.